The molecule has 12 heavy (non-hydrogen) atoms. The standard InChI is InChI=1S/C8H16FN3/c9-8(5-11-6-8)7-12-3-1-10-2-4-12/h10-11H,1-7H2/p+1. The van der Waals surface area contributed by atoms with E-state index < -0.39 is 5.67 Å². The number of nitrogens with two attached hydrogens (primary N) is 1. The van der Waals surface area contributed by atoms with Gasteiger partial charge in [-0.15, -0.1) is 0 Å². The number of quaternary nitrogens is 1. The van der Waals surface area contributed by atoms with Crippen LogP contribution in [-0.2, 0) is 0 Å². The summed E-state index contributed by atoms with van der Waals surface area (Å²) in [5.74, 6) is 0. The molecule has 0 spiro atoms. The predicted octanol–water partition coefficient (Wildman–Crippen LogP) is -1.82. The van der Waals surface area contributed by atoms with Crippen molar-refractivity contribution in [3.63, 3.8) is 0 Å². The minimum absolute atomic E-state index is 0.549. The number of nitrogens with zero attached hydrogens (tertiary/aromatic N) is 1. The third kappa shape index (κ3) is 1.76. The van der Waals surface area contributed by atoms with Crippen molar-refractivity contribution in [2.75, 3.05) is 45.8 Å². The number of hydrogen-bond acceptors (Lipinski definition) is 2. The van der Waals surface area contributed by atoms with E-state index in [1.807, 2.05) is 0 Å². The molecule has 0 unspecified atom stereocenters. The maximum Gasteiger partial charge on any atom is 0.148 e. The Morgan fingerprint density at radius 2 is 2.00 bits per heavy atom. The molecule has 0 amide bonds. The highest BCUT2D eigenvalue weighted by Crippen LogP contribution is 2.17. The van der Waals surface area contributed by atoms with E-state index in [2.05, 4.69) is 15.5 Å². The Balaban J connectivity index is 1.77. The summed E-state index contributed by atoms with van der Waals surface area (Å²) in [4.78, 5) is 2.24. The molecule has 0 bridgehead atoms. The summed E-state index contributed by atoms with van der Waals surface area (Å²) in [5.41, 5.74) is -0.919. The van der Waals surface area contributed by atoms with Gasteiger partial charge in [-0.25, -0.2) is 4.39 Å². The summed E-state index contributed by atoms with van der Waals surface area (Å²) in [5, 5.41) is 5.27. The second-order valence-corrected chi connectivity index (χ2v) is 3.90. The minimum Gasteiger partial charge on any atom is -0.344 e. The minimum atomic E-state index is -0.919. The molecule has 2 aliphatic rings. The molecule has 3 N–H and O–H groups in total. The summed E-state index contributed by atoms with van der Waals surface area (Å²) < 4.78 is 13.6. The zero-order chi connectivity index (χ0) is 8.44. The van der Waals surface area contributed by atoms with Crippen LogP contribution < -0.4 is 10.6 Å². The van der Waals surface area contributed by atoms with Gasteiger partial charge in [0.1, 0.15) is 5.67 Å². The molecule has 0 aliphatic carbocycles. The van der Waals surface area contributed by atoms with Crippen LogP contribution in [0.5, 0.6) is 0 Å². The molecule has 0 saturated carbocycles. The van der Waals surface area contributed by atoms with Gasteiger partial charge in [-0.1, -0.05) is 0 Å². The molecular formula is C8H17FN3+. The van der Waals surface area contributed by atoms with E-state index in [0.29, 0.717) is 19.6 Å². The van der Waals surface area contributed by atoms with Crippen LogP contribution in [-0.4, -0.2) is 56.4 Å². The Hall–Kier alpha value is -0.190. The summed E-state index contributed by atoms with van der Waals surface area (Å²) in [6, 6.07) is 0. The lowest BCUT2D eigenvalue weighted by molar-refractivity contribution is -0.663. The van der Waals surface area contributed by atoms with E-state index >= 15 is 0 Å². The van der Waals surface area contributed by atoms with Crippen LogP contribution >= 0.6 is 0 Å². The number of piperazine rings is 1. The number of rotatable bonds is 2. The first-order valence-corrected chi connectivity index (χ1v) is 4.72. The third-order valence-electron chi connectivity index (χ3n) is 2.69. The third-order valence-corrected chi connectivity index (χ3v) is 2.69. The van der Waals surface area contributed by atoms with Crippen LogP contribution in [0.1, 0.15) is 0 Å². The molecule has 2 saturated heterocycles. The van der Waals surface area contributed by atoms with Crippen molar-refractivity contribution in [1.82, 2.24) is 10.2 Å². The Morgan fingerprint density at radius 3 is 2.50 bits per heavy atom. The lowest BCUT2D eigenvalue weighted by Crippen LogP contribution is -2.90. The molecule has 70 valence electrons. The fraction of sp³-hybridized carbons (Fsp3) is 1.00. The van der Waals surface area contributed by atoms with Crippen molar-refractivity contribution in [2.45, 2.75) is 5.67 Å². The molecule has 0 radical (unpaired) electrons. The van der Waals surface area contributed by atoms with Gasteiger partial charge in [0.2, 0.25) is 0 Å². The van der Waals surface area contributed by atoms with Crippen LogP contribution in [0, 0.1) is 0 Å². The van der Waals surface area contributed by atoms with E-state index in [4.69, 9.17) is 0 Å². The van der Waals surface area contributed by atoms with Gasteiger partial charge in [-0.3, -0.25) is 4.90 Å². The van der Waals surface area contributed by atoms with Crippen LogP contribution in [0.25, 0.3) is 0 Å². The first-order valence-electron chi connectivity index (χ1n) is 4.72. The van der Waals surface area contributed by atoms with Gasteiger partial charge in [0.15, 0.2) is 0 Å². The van der Waals surface area contributed by atoms with Crippen LogP contribution in [0.3, 0.4) is 0 Å². The Labute approximate surface area is 72.3 Å². The van der Waals surface area contributed by atoms with Gasteiger partial charge in [0.25, 0.3) is 0 Å². The van der Waals surface area contributed by atoms with Crippen molar-refractivity contribution >= 4 is 0 Å². The first-order chi connectivity index (χ1) is 5.79. The fourth-order valence-corrected chi connectivity index (χ4v) is 1.87. The monoisotopic (exact) mass is 174 g/mol. The summed E-state index contributed by atoms with van der Waals surface area (Å²) >= 11 is 0. The molecule has 2 rings (SSSR count). The SMILES string of the molecule is FC1(CN2CC[NH2+]CC2)CNC1. The lowest BCUT2D eigenvalue weighted by Gasteiger charge is -2.39. The van der Waals surface area contributed by atoms with E-state index in [1.165, 1.54) is 0 Å². The normalized spacial score (nSPS) is 29.8. The van der Waals surface area contributed by atoms with Gasteiger partial charge < -0.3 is 10.6 Å². The predicted molar refractivity (Wildman–Crippen MR) is 44.8 cm³/mol. The molecule has 0 aromatic carbocycles. The summed E-state index contributed by atoms with van der Waals surface area (Å²) in [7, 11) is 0. The van der Waals surface area contributed by atoms with Crippen LogP contribution in [0.2, 0.25) is 0 Å². The van der Waals surface area contributed by atoms with Crippen molar-refractivity contribution in [3.05, 3.63) is 0 Å². The smallest absolute Gasteiger partial charge is 0.148 e. The average Bonchev–Trinajstić information content (AvgIpc) is 2.04. The largest absolute Gasteiger partial charge is 0.344 e. The Bertz CT molecular complexity index is 152. The highest BCUT2D eigenvalue weighted by molar-refractivity contribution is 4.95. The maximum absolute atomic E-state index is 13.6. The van der Waals surface area contributed by atoms with Crippen molar-refractivity contribution in [2.24, 2.45) is 0 Å². The maximum atomic E-state index is 13.6. The molecule has 4 heteroatoms. The number of alkyl halides is 1. The molecule has 3 nitrogen and oxygen atoms in total. The molecule has 0 atom stereocenters. The second kappa shape index (κ2) is 3.28. The average molecular weight is 174 g/mol. The molecule has 0 aromatic rings. The van der Waals surface area contributed by atoms with Gasteiger partial charge >= 0.3 is 0 Å². The quantitative estimate of drug-likeness (QED) is 0.516. The zero-order valence-electron chi connectivity index (χ0n) is 7.35. The van der Waals surface area contributed by atoms with Crippen LogP contribution in [0.15, 0.2) is 0 Å². The van der Waals surface area contributed by atoms with Gasteiger partial charge in [0, 0.05) is 32.7 Å². The molecule has 0 aromatic heterocycles. The number of halogens is 1. The van der Waals surface area contributed by atoms with Gasteiger partial charge in [-0.2, -0.15) is 0 Å². The molecule has 2 aliphatic heterocycles. The lowest BCUT2D eigenvalue weighted by atomic mass is 9.98. The molecular weight excluding hydrogens is 157 g/mol. The fourth-order valence-electron chi connectivity index (χ4n) is 1.87. The molecule has 2 heterocycles. The summed E-state index contributed by atoms with van der Waals surface area (Å²) in [6.07, 6.45) is 0. The molecule has 2 fully saturated rings. The second-order valence-electron chi connectivity index (χ2n) is 3.90. The van der Waals surface area contributed by atoms with E-state index in [0.717, 1.165) is 26.2 Å². The number of nitrogens with one attached hydrogen (secondary N) is 1. The number of hydrogen-bond donors (Lipinski definition) is 2. The van der Waals surface area contributed by atoms with Crippen molar-refractivity contribution in [1.29, 1.82) is 0 Å². The van der Waals surface area contributed by atoms with Crippen molar-refractivity contribution < 1.29 is 9.71 Å². The highest BCUT2D eigenvalue weighted by atomic mass is 19.1. The first kappa shape index (κ1) is 8.41. The van der Waals surface area contributed by atoms with E-state index in [1.54, 1.807) is 0 Å². The van der Waals surface area contributed by atoms with Gasteiger partial charge in [-0.05, 0) is 0 Å². The van der Waals surface area contributed by atoms with Crippen molar-refractivity contribution in [3.8, 4) is 0 Å². The van der Waals surface area contributed by atoms with Gasteiger partial charge in [0.05, 0.1) is 13.1 Å². The highest BCUT2D eigenvalue weighted by Gasteiger charge is 2.38. The van der Waals surface area contributed by atoms with E-state index in [-0.39, 0.29) is 0 Å². The Morgan fingerprint density at radius 1 is 1.33 bits per heavy atom. The summed E-state index contributed by atoms with van der Waals surface area (Å²) in [6.45, 7) is 6.08. The zero-order valence-corrected chi connectivity index (χ0v) is 7.35. The van der Waals surface area contributed by atoms with E-state index in [9.17, 15) is 4.39 Å². The topological polar surface area (TPSA) is 31.9 Å². The Kier molecular flexibility index (Phi) is 2.30. The van der Waals surface area contributed by atoms with Crippen LogP contribution in [0.4, 0.5) is 4.39 Å².